The third kappa shape index (κ3) is 2.66. The van der Waals surface area contributed by atoms with Crippen LogP contribution in [0.4, 0.5) is 0 Å². The lowest BCUT2D eigenvalue weighted by Gasteiger charge is -2.17. The van der Waals surface area contributed by atoms with Crippen molar-refractivity contribution in [2.24, 2.45) is 5.84 Å². The van der Waals surface area contributed by atoms with Crippen LogP contribution in [-0.2, 0) is 6.54 Å². The van der Waals surface area contributed by atoms with Gasteiger partial charge in [-0.2, -0.15) is 0 Å². The van der Waals surface area contributed by atoms with Gasteiger partial charge in [0.15, 0.2) is 0 Å². The molecule has 0 aliphatic rings. The van der Waals surface area contributed by atoms with Crippen molar-refractivity contribution in [3.63, 3.8) is 0 Å². The van der Waals surface area contributed by atoms with Gasteiger partial charge in [-0.15, -0.1) is 5.10 Å². The first-order valence-corrected chi connectivity index (χ1v) is 7.16. The van der Waals surface area contributed by atoms with E-state index in [1.807, 2.05) is 16.8 Å². The summed E-state index contributed by atoms with van der Waals surface area (Å²) in [6, 6.07) is 14.5. The van der Waals surface area contributed by atoms with Crippen molar-refractivity contribution in [1.29, 1.82) is 0 Å². The third-order valence-electron chi connectivity index (χ3n) is 3.65. The number of hydrogen-bond acceptors (Lipinski definition) is 4. The smallest absolute Gasteiger partial charge is 0.0894 e. The van der Waals surface area contributed by atoms with E-state index in [0.29, 0.717) is 0 Å². The minimum absolute atomic E-state index is 0.115. The summed E-state index contributed by atoms with van der Waals surface area (Å²) >= 11 is 0. The lowest BCUT2D eigenvalue weighted by molar-refractivity contribution is 0.512. The van der Waals surface area contributed by atoms with E-state index >= 15 is 0 Å². The number of nitrogens with one attached hydrogen (secondary N) is 1. The van der Waals surface area contributed by atoms with E-state index in [1.165, 1.54) is 10.8 Å². The average molecular weight is 281 g/mol. The Kier molecular flexibility index (Phi) is 3.94. The molecule has 21 heavy (non-hydrogen) atoms. The molecule has 1 atom stereocenters. The molecular formula is C16H19N5. The molecule has 0 radical (unpaired) electrons. The molecule has 0 bridgehead atoms. The van der Waals surface area contributed by atoms with Crippen LogP contribution in [-0.4, -0.2) is 15.0 Å². The fourth-order valence-electron chi connectivity index (χ4n) is 2.61. The van der Waals surface area contributed by atoms with Gasteiger partial charge in [-0.3, -0.25) is 5.84 Å². The molecule has 3 N–H and O–H groups in total. The molecule has 0 fully saturated rings. The van der Waals surface area contributed by atoms with Crippen LogP contribution in [0.5, 0.6) is 0 Å². The van der Waals surface area contributed by atoms with Crippen LogP contribution < -0.4 is 11.3 Å². The molecule has 0 saturated carbocycles. The largest absolute Gasteiger partial charge is 0.271 e. The number of hydrogen-bond donors (Lipinski definition) is 2. The Morgan fingerprint density at radius 3 is 2.76 bits per heavy atom. The molecule has 108 valence electrons. The van der Waals surface area contributed by atoms with Crippen molar-refractivity contribution in [1.82, 2.24) is 20.4 Å². The molecule has 0 aliphatic carbocycles. The molecule has 0 amide bonds. The molecular weight excluding hydrogens is 262 g/mol. The fraction of sp³-hybridized carbons (Fsp3) is 0.250. The molecule has 1 unspecified atom stereocenters. The zero-order valence-corrected chi connectivity index (χ0v) is 12.0. The summed E-state index contributed by atoms with van der Waals surface area (Å²) in [4.78, 5) is 0. The van der Waals surface area contributed by atoms with Crippen molar-refractivity contribution in [3.05, 3.63) is 59.9 Å². The highest BCUT2D eigenvalue weighted by Gasteiger charge is 2.17. The van der Waals surface area contributed by atoms with Gasteiger partial charge in [0, 0.05) is 6.54 Å². The van der Waals surface area contributed by atoms with Crippen molar-refractivity contribution in [3.8, 4) is 0 Å². The van der Waals surface area contributed by atoms with E-state index < -0.39 is 0 Å². The molecule has 1 aromatic heterocycles. The first kappa shape index (κ1) is 13.7. The van der Waals surface area contributed by atoms with E-state index in [0.717, 1.165) is 24.2 Å². The first-order chi connectivity index (χ1) is 10.3. The second-order valence-electron chi connectivity index (χ2n) is 5.09. The highest BCUT2D eigenvalue weighted by molar-refractivity contribution is 5.83. The van der Waals surface area contributed by atoms with Gasteiger partial charge in [-0.1, -0.05) is 48.5 Å². The molecule has 0 saturated heterocycles. The Morgan fingerprint density at radius 1 is 1.19 bits per heavy atom. The summed E-state index contributed by atoms with van der Waals surface area (Å²) in [5, 5.41) is 10.6. The minimum atomic E-state index is -0.115. The number of nitrogens with zero attached hydrogens (tertiary/aromatic N) is 3. The zero-order chi connectivity index (χ0) is 14.7. The minimum Gasteiger partial charge on any atom is -0.271 e. The van der Waals surface area contributed by atoms with E-state index in [4.69, 9.17) is 5.84 Å². The summed E-state index contributed by atoms with van der Waals surface area (Å²) in [6.07, 6.45) is 2.78. The van der Waals surface area contributed by atoms with Crippen LogP contribution in [0.1, 0.15) is 30.6 Å². The van der Waals surface area contributed by atoms with Crippen molar-refractivity contribution in [2.45, 2.75) is 25.9 Å². The summed E-state index contributed by atoms with van der Waals surface area (Å²) in [6.45, 7) is 2.95. The van der Waals surface area contributed by atoms with Crippen LogP contribution in [0.3, 0.4) is 0 Å². The average Bonchev–Trinajstić information content (AvgIpc) is 2.97. The monoisotopic (exact) mass is 281 g/mol. The lowest BCUT2D eigenvalue weighted by atomic mass is 10.0. The van der Waals surface area contributed by atoms with Gasteiger partial charge >= 0.3 is 0 Å². The summed E-state index contributed by atoms with van der Waals surface area (Å²) in [5.41, 5.74) is 4.97. The van der Waals surface area contributed by atoms with E-state index in [9.17, 15) is 0 Å². The van der Waals surface area contributed by atoms with Gasteiger partial charge in [0.25, 0.3) is 0 Å². The normalized spacial score (nSPS) is 12.7. The topological polar surface area (TPSA) is 68.8 Å². The maximum Gasteiger partial charge on any atom is 0.0894 e. The maximum atomic E-state index is 5.79. The first-order valence-electron chi connectivity index (χ1n) is 7.16. The standard InChI is InChI=1S/C16H19N5/c1-2-9-21-15(11-18-20-21)16(19-17)14-8-7-12-5-3-4-6-13(12)10-14/h3-8,10-11,16,19H,2,9,17H2,1H3. The molecule has 2 aromatic carbocycles. The van der Waals surface area contributed by atoms with Gasteiger partial charge in [0.1, 0.15) is 0 Å². The molecule has 5 nitrogen and oxygen atoms in total. The SMILES string of the molecule is CCCn1nncc1C(NN)c1ccc2ccccc2c1. The maximum absolute atomic E-state index is 5.79. The van der Waals surface area contributed by atoms with Crippen LogP contribution in [0.15, 0.2) is 48.7 Å². The van der Waals surface area contributed by atoms with E-state index in [-0.39, 0.29) is 6.04 Å². The highest BCUT2D eigenvalue weighted by atomic mass is 15.4. The van der Waals surface area contributed by atoms with Gasteiger partial charge in [-0.05, 0) is 28.8 Å². The summed E-state index contributed by atoms with van der Waals surface area (Å²) in [5.74, 6) is 5.79. The predicted octanol–water partition coefficient (Wildman–Crippen LogP) is 2.39. The second-order valence-corrected chi connectivity index (χ2v) is 5.09. The summed E-state index contributed by atoms with van der Waals surface area (Å²) in [7, 11) is 0. The van der Waals surface area contributed by atoms with Crippen molar-refractivity contribution >= 4 is 10.8 Å². The Labute approximate surface area is 123 Å². The highest BCUT2D eigenvalue weighted by Crippen LogP contribution is 2.24. The summed E-state index contributed by atoms with van der Waals surface area (Å²) < 4.78 is 1.90. The Morgan fingerprint density at radius 2 is 2.00 bits per heavy atom. The van der Waals surface area contributed by atoms with Crippen LogP contribution in [0, 0.1) is 0 Å². The van der Waals surface area contributed by atoms with Gasteiger partial charge in [-0.25, -0.2) is 10.1 Å². The zero-order valence-electron chi connectivity index (χ0n) is 12.0. The van der Waals surface area contributed by atoms with E-state index in [2.05, 4.69) is 53.0 Å². The van der Waals surface area contributed by atoms with Gasteiger partial charge in [0.05, 0.1) is 17.9 Å². The number of fused-ring (bicyclic) bond motifs is 1. The number of nitrogens with two attached hydrogens (primary N) is 1. The molecule has 0 spiro atoms. The Hall–Kier alpha value is -2.24. The quantitative estimate of drug-likeness (QED) is 0.556. The lowest BCUT2D eigenvalue weighted by Crippen LogP contribution is -2.30. The third-order valence-corrected chi connectivity index (χ3v) is 3.65. The van der Waals surface area contributed by atoms with Gasteiger partial charge < -0.3 is 0 Å². The second kappa shape index (κ2) is 6.03. The van der Waals surface area contributed by atoms with Crippen molar-refractivity contribution < 1.29 is 0 Å². The van der Waals surface area contributed by atoms with Crippen LogP contribution >= 0.6 is 0 Å². The van der Waals surface area contributed by atoms with Gasteiger partial charge in [0.2, 0.25) is 0 Å². The molecule has 3 rings (SSSR count). The fourth-order valence-corrected chi connectivity index (χ4v) is 2.61. The number of aromatic nitrogens is 3. The molecule has 0 aliphatic heterocycles. The molecule has 3 aromatic rings. The number of benzene rings is 2. The number of rotatable bonds is 5. The van der Waals surface area contributed by atoms with Crippen LogP contribution in [0.25, 0.3) is 10.8 Å². The Bertz CT molecular complexity index is 734. The van der Waals surface area contributed by atoms with Crippen molar-refractivity contribution in [2.75, 3.05) is 0 Å². The molecule has 1 heterocycles. The van der Waals surface area contributed by atoms with Crippen LogP contribution in [0.2, 0.25) is 0 Å². The Balaban J connectivity index is 2.03. The predicted molar refractivity (Wildman–Crippen MR) is 83.4 cm³/mol. The molecule has 5 heteroatoms. The van der Waals surface area contributed by atoms with E-state index in [1.54, 1.807) is 6.20 Å². The number of aryl methyl sites for hydroxylation is 1. The number of hydrazine groups is 1.